The van der Waals surface area contributed by atoms with Crippen LogP contribution in [0.5, 0.6) is 0 Å². The summed E-state index contributed by atoms with van der Waals surface area (Å²) in [7, 11) is -0.157. The highest BCUT2D eigenvalue weighted by molar-refractivity contribution is 6.49. The molecule has 2 fully saturated rings. The molecular weight excluding hydrogens is 251 g/mol. The Hall–Kier alpha value is -1.38. The molecule has 0 bridgehead atoms. The first kappa shape index (κ1) is 13.6. The average molecular weight is 270 g/mol. The maximum Gasteiger partial charge on any atom is 0.461 e. The summed E-state index contributed by atoms with van der Waals surface area (Å²) < 4.78 is 12.2. The Morgan fingerprint density at radius 2 is 1.90 bits per heavy atom. The molecule has 0 amide bonds. The number of rotatable bonds is 2. The van der Waals surface area contributed by atoms with Crippen LogP contribution in [-0.4, -0.2) is 23.3 Å². The van der Waals surface area contributed by atoms with Crippen molar-refractivity contribution in [1.29, 1.82) is 5.26 Å². The van der Waals surface area contributed by atoms with Crippen molar-refractivity contribution < 1.29 is 9.31 Å². The van der Waals surface area contributed by atoms with E-state index >= 15 is 0 Å². The van der Waals surface area contributed by atoms with Crippen molar-refractivity contribution >= 4 is 7.12 Å². The van der Waals surface area contributed by atoms with Gasteiger partial charge in [-0.2, -0.15) is 5.26 Å². The van der Waals surface area contributed by atoms with E-state index in [0.29, 0.717) is 17.3 Å². The molecular formula is C15H19BN2O2. The number of hydrogen-bond donors (Lipinski definition) is 0. The zero-order valence-corrected chi connectivity index (χ0v) is 12.4. The van der Waals surface area contributed by atoms with Crippen LogP contribution < -0.4 is 0 Å². The Balaban J connectivity index is 1.73. The van der Waals surface area contributed by atoms with E-state index in [-0.39, 0.29) is 18.3 Å². The Labute approximate surface area is 120 Å². The van der Waals surface area contributed by atoms with E-state index in [1.165, 1.54) is 0 Å². The second-order valence-corrected chi connectivity index (χ2v) is 6.75. The van der Waals surface area contributed by atoms with E-state index in [4.69, 9.17) is 14.6 Å². The molecule has 2 atom stereocenters. The Kier molecular flexibility index (Phi) is 2.93. The Morgan fingerprint density at radius 3 is 2.50 bits per heavy atom. The van der Waals surface area contributed by atoms with E-state index < -0.39 is 0 Å². The van der Waals surface area contributed by atoms with Crippen LogP contribution in [0.15, 0.2) is 18.5 Å². The van der Waals surface area contributed by atoms with Gasteiger partial charge in [-0.05, 0) is 51.7 Å². The predicted molar refractivity (Wildman–Crippen MR) is 76.1 cm³/mol. The summed E-state index contributed by atoms with van der Waals surface area (Å²) in [6.07, 6.45) is 4.47. The van der Waals surface area contributed by atoms with Gasteiger partial charge in [-0.3, -0.25) is 4.98 Å². The fraction of sp³-hybridized carbons (Fsp3) is 0.600. The first-order chi connectivity index (χ1) is 9.34. The lowest BCUT2D eigenvalue weighted by Crippen LogP contribution is -2.41. The van der Waals surface area contributed by atoms with Crippen LogP contribution in [0.1, 0.15) is 51.2 Å². The maximum absolute atomic E-state index is 8.94. The summed E-state index contributed by atoms with van der Waals surface area (Å²) >= 11 is 0. The summed E-state index contributed by atoms with van der Waals surface area (Å²) in [5.74, 6) is 0.761. The minimum Gasteiger partial charge on any atom is -0.403 e. The highest BCUT2D eigenvalue weighted by Gasteiger charge is 2.59. The van der Waals surface area contributed by atoms with Gasteiger partial charge in [-0.25, -0.2) is 0 Å². The quantitative estimate of drug-likeness (QED) is 0.775. The van der Waals surface area contributed by atoms with Crippen molar-refractivity contribution in [3.05, 3.63) is 29.6 Å². The zero-order chi connectivity index (χ0) is 14.5. The molecule has 2 heterocycles. The van der Waals surface area contributed by atoms with Crippen LogP contribution in [0.25, 0.3) is 0 Å². The van der Waals surface area contributed by atoms with Gasteiger partial charge in [0.1, 0.15) is 6.07 Å². The van der Waals surface area contributed by atoms with E-state index in [0.717, 1.165) is 12.0 Å². The lowest BCUT2D eigenvalue weighted by Gasteiger charge is -2.32. The zero-order valence-electron chi connectivity index (χ0n) is 12.4. The van der Waals surface area contributed by atoms with Crippen molar-refractivity contribution in [2.45, 2.75) is 57.1 Å². The molecule has 0 aromatic carbocycles. The van der Waals surface area contributed by atoms with Gasteiger partial charge in [-0.1, -0.05) is 0 Å². The van der Waals surface area contributed by atoms with Crippen LogP contribution in [0.2, 0.25) is 5.82 Å². The molecule has 0 spiro atoms. The first-order valence-corrected chi connectivity index (χ1v) is 7.05. The van der Waals surface area contributed by atoms with E-state index in [2.05, 4.69) is 38.7 Å². The molecule has 1 saturated carbocycles. The van der Waals surface area contributed by atoms with Gasteiger partial charge in [0.25, 0.3) is 0 Å². The minimum atomic E-state index is -0.280. The SMILES string of the molecule is CC1(C)OB([C@H]2C[C@@H]2c2cncc(C#N)c2)OC1(C)C. The summed E-state index contributed by atoms with van der Waals surface area (Å²) in [6.45, 7) is 8.29. The molecule has 1 aromatic heterocycles. The van der Waals surface area contributed by atoms with E-state index in [9.17, 15) is 0 Å². The van der Waals surface area contributed by atoms with E-state index in [1.807, 2.05) is 12.3 Å². The minimum absolute atomic E-state index is 0.157. The molecule has 0 N–H and O–H groups in total. The van der Waals surface area contributed by atoms with Crippen molar-refractivity contribution in [1.82, 2.24) is 4.98 Å². The molecule has 1 aliphatic heterocycles. The maximum atomic E-state index is 8.94. The van der Waals surface area contributed by atoms with Crippen molar-refractivity contribution in [2.75, 3.05) is 0 Å². The molecule has 2 aliphatic rings. The van der Waals surface area contributed by atoms with Gasteiger partial charge in [0.05, 0.1) is 16.8 Å². The molecule has 5 heteroatoms. The van der Waals surface area contributed by atoms with Crippen molar-refractivity contribution in [3.8, 4) is 6.07 Å². The standard InChI is InChI=1S/C15H19BN2O2/c1-14(2)15(3,4)20-16(19-14)13-6-12(13)11-5-10(7-17)8-18-9-11/h5,8-9,12-13H,6H2,1-4H3/t12-,13+/m1/s1. The third-order valence-corrected chi connectivity index (χ3v) is 4.78. The number of nitrogens with zero attached hydrogens (tertiary/aromatic N) is 2. The summed E-state index contributed by atoms with van der Waals surface area (Å²) in [5, 5.41) is 8.94. The third kappa shape index (κ3) is 2.13. The molecule has 0 radical (unpaired) electrons. The summed E-state index contributed by atoms with van der Waals surface area (Å²) in [5.41, 5.74) is 1.17. The van der Waals surface area contributed by atoms with Crippen LogP contribution in [-0.2, 0) is 9.31 Å². The van der Waals surface area contributed by atoms with Crippen LogP contribution in [0.4, 0.5) is 0 Å². The lowest BCUT2D eigenvalue weighted by atomic mass is 9.80. The second kappa shape index (κ2) is 4.31. The number of hydrogen-bond acceptors (Lipinski definition) is 4. The van der Waals surface area contributed by atoms with E-state index in [1.54, 1.807) is 6.20 Å². The molecule has 4 nitrogen and oxygen atoms in total. The highest BCUT2D eigenvalue weighted by atomic mass is 16.7. The van der Waals surface area contributed by atoms with Gasteiger partial charge in [0.15, 0.2) is 0 Å². The number of aromatic nitrogens is 1. The third-order valence-electron chi connectivity index (χ3n) is 4.78. The van der Waals surface area contributed by atoms with Crippen molar-refractivity contribution in [3.63, 3.8) is 0 Å². The highest BCUT2D eigenvalue weighted by Crippen LogP contribution is 2.58. The average Bonchev–Trinajstić information content (AvgIpc) is 3.13. The normalized spacial score (nSPS) is 30.1. The van der Waals surface area contributed by atoms with Gasteiger partial charge < -0.3 is 9.31 Å². The fourth-order valence-electron chi connectivity index (χ4n) is 2.68. The molecule has 20 heavy (non-hydrogen) atoms. The largest absolute Gasteiger partial charge is 0.461 e. The fourth-order valence-corrected chi connectivity index (χ4v) is 2.68. The first-order valence-electron chi connectivity index (χ1n) is 7.05. The van der Waals surface area contributed by atoms with Gasteiger partial charge in [0, 0.05) is 18.2 Å². The lowest BCUT2D eigenvalue weighted by molar-refractivity contribution is 0.00578. The Bertz CT molecular complexity index is 563. The monoisotopic (exact) mass is 270 g/mol. The number of pyridine rings is 1. The smallest absolute Gasteiger partial charge is 0.403 e. The summed E-state index contributed by atoms with van der Waals surface area (Å²) in [6, 6.07) is 4.06. The van der Waals surface area contributed by atoms with Gasteiger partial charge in [0.2, 0.25) is 0 Å². The molecule has 1 aliphatic carbocycles. The van der Waals surface area contributed by atoms with Gasteiger partial charge in [-0.15, -0.1) is 0 Å². The van der Waals surface area contributed by atoms with Crippen LogP contribution >= 0.6 is 0 Å². The molecule has 1 saturated heterocycles. The molecule has 0 unspecified atom stereocenters. The molecule has 3 rings (SSSR count). The van der Waals surface area contributed by atoms with Crippen LogP contribution in [0.3, 0.4) is 0 Å². The molecule has 1 aromatic rings. The second-order valence-electron chi connectivity index (χ2n) is 6.75. The van der Waals surface area contributed by atoms with Crippen LogP contribution in [0, 0.1) is 11.3 Å². The predicted octanol–water partition coefficient (Wildman–Crippen LogP) is 2.90. The van der Waals surface area contributed by atoms with Crippen molar-refractivity contribution in [2.24, 2.45) is 0 Å². The molecule has 104 valence electrons. The summed E-state index contributed by atoms with van der Waals surface area (Å²) in [4.78, 5) is 4.13. The topological polar surface area (TPSA) is 55.1 Å². The number of nitriles is 1. The van der Waals surface area contributed by atoms with Gasteiger partial charge >= 0.3 is 7.12 Å². The Morgan fingerprint density at radius 1 is 1.25 bits per heavy atom.